The van der Waals surface area contributed by atoms with E-state index in [0.717, 1.165) is 37.0 Å². The summed E-state index contributed by atoms with van der Waals surface area (Å²) in [5.41, 5.74) is 3.25. The molecular formula is C20H29NO5. The van der Waals surface area contributed by atoms with Gasteiger partial charge in [-0.05, 0) is 43.7 Å². The molecule has 0 atom stereocenters. The van der Waals surface area contributed by atoms with Crippen LogP contribution >= 0.6 is 0 Å². The Morgan fingerprint density at radius 3 is 2.50 bits per heavy atom. The smallest absolute Gasteiger partial charge is 0.364 e. The SMILES string of the molecule is CCc1ccc(C(C)=NOCCCCC2COC(C)(C(=O)O)OC2)cc1. The number of aliphatic carboxylic acids is 1. The molecule has 0 unspecified atom stereocenters. The van der Waals surface area contributed by atoms with Crippen molar-refractivity contribution in [2.75, 3.05) is 19.8 Å². The third-order valence-electron chi connectivity index (χ3n) is 4.66. The lowest BCUT2D eigenvalue weighted by atomic mass is 10.0. The number of rotatable bonds is 9. The van der Waals surface area contributed by atoms with E-state index in [-0.39, 0.29) is 5.92 Å². The predicted molar refractivity (Wildman–Crippen MR) is 99.3 cm³/mol. The molecule has 1 fully saturated rings. The average molecular weight is 363 g/mol. The molecule has 144 valence electrons. The number of hydrogen-bond donors (Lipinski definition) is 1. The van der Waals surface area contributed by atoms with E-state index in [1.165, 1.54) is 12.5 Å². The highest BCUT2D eigenvalue weighted by molar-refractivity contribution is 5.98. The summed E-state index contributed by atoms with van der Waals surface area (Å²) in [7, 11) is 0. The fourth-order valence-corrected chi connectivity index (χ4v) is 2.71. The second-order valence-electron chi connectivity index (χ2n) is 6.80. The van der Waals surface area contributed by atoms with Crippen molar-refractivity contribution in [1.82, 2.24) is 0 Å². The van der Waals surface area contributed by atoms with E-state index in [0.29, 0.717) is 19.8 Å². The van der Waals surface area contributed by atoms with Crippen LogP contribution in [0.15, 0.2) is 29.4 Å². The van der Waals surface area contributed by atoms with E-state index < -0.39 is 11.8 Å². The Morgan fingerprint density at radius 2 is 1.92 bits per heavy atom. The molecule has 6 nitrogen and oxygen atoms in total. The summed E-state index contributed by atoms with van der Waals surface area (Å²) in [6.07, 6.45) is 3.79. The Kier molecular flexibility index (Phi) is 7.60. The highest BCUT2D eigenvalue weighted by Gasteiger charge is 2.40. The summed E-state index contributed by atoms with van der Waals surface area (Å²) in [5, 5.41) is 13.2. The first kappa shape index (κ1) is 20.4. The molecule has 0 saturated carbocycles. The summed E-state index contributed by atoms with van der Waals surface area (Å²) >= 11 is 0. The first-order valence-electron chi connectivity index (χ1n) is 9.21. The minimum Gasteiger partial charge on any atom is -0.477 e. The first-order valence-corrected chi connectivity index (χ1v) is 9.21. The van der Waals surface area contributed by atoms with Crippen molar-refractivity contribution in [3.8, 4) is 0 Å². The van der Waals surface area contributed by atoms with Crippen LogP contribution in [0.5, 0.6) is 0 Å². The minimum absolute atomic E-state index is 0.227. The molecule has 1 aromatic carbocycles. The van der Waals surface area contributed by atoms with Crippen LogP contribution in [0.1, 0.15) is 51.2 Å². The molecule has 1 aliphatic heterocycles. The van der Waals surface area contributed by atoms with Gasteiger partial charge in [0.25, 0.3) is 5.79 Å². The molecule has 0 aliphatic carbocycles. The number of carboxylic acids is 1. The molecule has 1 aromatic rings. The van der Waals surface area contributed by atoms with Crippen LogP contribution in [0.4, 0.5) is 0 Å². The van der Waals surface area contributed by atoms with Crippen molar-refractivity contribution in [3.63, 3.8) is 0 Å². The van der Waals surface area contributed by atoms with Gasteiger partial charge in [0.15, 0.2) is 0 Å². The Morgan fingerprint density at radius 1 is 1.27 bits per heavy atom. The number of benzene rings is 1. The number of aryl methyl sites for hydroxylation is 1. The number of unbranched alkanes of at least 4 members (excludes halogenated alkanes) is 1. The van der Waals surface area contributed by atoms with E-state index >= 15 is 0 Å². The molecule has 0 aromatic heterocycles. The van der Waals surface area contributed by atoms with Gasteiger partial charge in [0, 0.05) is 12.8 Å². The summed E-state index contributed by atoms with van der Waals surface area (Å²) in [6, 6.07) is 8.35. The fraction of sp³-hybridized carbons (Fsp3) is 0.600. The molecule has 1 saturated heterocycles. The summed E-state index contributed by atoms with van der Waals surface area (Å²) < 4.78 is 10.7. The summed E-state index contributed by atoms with van der Waals surface area (Å²) in [6.45, 7) is 6.90. The van der Waals surface area contributed by atoms with Gasteiger partial charge in [-0.15, -0.1) is 0 Å². The molecule has 1 aliphatic rings. The van der Waals surface area contributed by atoms with Crippen molar-refractivity contribution in [2.24, 2.45) is 11.1 Å². The lowest BCUT2D eigenvalue weighted by Gasteiger charge is -2.34. The van der Waals surface area contributed by atoms with Crippen LogP contribution < -0.4 is 0 Å². The molecule has 26 heavy (non-hydrogen) atoms. The molecule has 2 rings (SSSR count). The van der Waals surface area contributed by atoms with Crippen LogP contribution in [-0.2, 0) is 25.5 Å². The van der Waals surface area contributed by atoms with Gasteiger partial charge in [0.05, 0.1) is 18.9 Å². The molecule has 0 radical (unpaired) electrons. The first-order chi connectivity index (χ1) is 12.4. The quantitative estimate of drug-likeness (QED) is 0.412. The highest BCUT2D eigenvalue weighted by atomic mass is 16.7. The fourth-order valence-electron chi connectivity index (χ4n) is 2.71. The van der Waals surface area contributed by atoms with E-state index in [9.17, 15) is 4.79 Å². The maximum Gasteiger partial charge on any atom is 0.364 e. The monoisotopic (exact) mass is 363 g/mol. The van der Waals surface area contributed by atoms with Gasteiger partial charge in [0.2, 0.25) is 0 Å². The normalized spacial score (nSPS) is 23.7. The van der Waals surface area contributed by atoms with Gasteiger partial charge in [-0.25, -0.2) is 4.79 Å². The Bertz CT molecular complexity index is 603. The Balaban J connectivity index is 1.61. The van der Waals surface area contributed by atoms with Crippen LogP contribution in [0.25, 0.3) is 0 Å². The van der Waals surface area contributed by atoms with Crippen molar-refractivity contribution >= 4 is 11.7 Å². The predicted octanol–water partition coefficient (Wildman–Crippen LogP) is 3.62. The molecule has 0 amide bonds. The van der Waals surface area contributed by atoms with Gasteiger partial charge in [-0.1, -0.05) is 36.3 Å². The molecule has 1 N–H and O–H groups in total. The van der Waals surface area contributed by atoms with E-state index in [1.807, 2.05) is 6.92 Å². The third kappa shape index (κ3) is 5.81. The molecule has 0 bridgehead atoms. The maximum atomic E-state index is 11.0. The van der Waals surface area contributed by atoms with E-state index in [4.69, 9.17) is 19.4 Å². The van der Waals surface area contributed by atoms with Gasteiger partial charge in [-0.2, -0.15) is 0 Å². The zero-order valence-corrected chi connectivity index (χ0v) is 15.9. The lowest BCUT2D eigenvalue weighted by molar-refractivity contribution is -0.271. The number of ether oxygens (including phenoxy) is 2. The molecular weight excluding hydrogens is 334 g/mol. The van der Waals surface area contributed by atoms with Crippen molar-refractivity contribution < 1.29 is 24.2 Å². The van der Waals surface area contributed by atoms with Crippen LogP contribution in [0.3, 0.4) is 0 Å². The van der Waals surface area contributed by atoms with Crippen molar-refractivity contribution in [1.29, 1.82) is 0 Å². The summed E-state index contributed by atoms with van der Waals surface area (Å²) in [4.78, 5) is 16.4. The second kappa shape index (κ2) is 9.69. The molecule has 6 heteroatoms. The van der Waals surface area contributed by atoms with Gasteiger partial charge >= 0.3 is 5.97 Å². The summed E-state index contributed by atoms with van der Waals surface area (Å²) in [5.74, 6) is -2.35. The minimum atomic E-state index is -1.50. The Labute approximate surface area is 155 Å². The Hall–Kier alpha value is -1.92. The largest absolute Gasteiger partial charge is 0.477 e. The zero-order valence-electron chi connectivity index (χ0n) is 15.9. The van der Waals surface area contributed by atoms with Crippen LogP contribution in [0.2, 0.25) is 0 Å². The second-order valence-corrected chi connectivity index (χ2v) is 6.80. The van der Waals surface area contributed by atoms with Gasteiger partial charge in [-0.3, -0.25) is 0 Å². The average Bonchev–Trinajstić information content (AvgIpc) is 2.65. The van der Waals surface area contributed by atoms with Gasteiger partial charge in [0.1, 0.15) is 6.61 Å². The van der Waals surface area contributed by atoms with Crippen LogP contribution in [0, 0.1) is 5.92 Å². The number of oxime groups is 1. The number of carbonyl (C=O) groups is 1. The number of hydrogen-bond acceptors (Lipinski definition) is 5. The number of carboxylic acid groups (broad SMARTS) is 1. The molecule has 1 heterocycles. The van der Waals surface area contributed by atoms with Crippen molar-refractivity contribution in [3.05, 3.63) is 35.4 Å². The molecule has 0 spiro atoms. The van der Waals surface area contributed by atoms with E-state index in [1.54, 1.807) is 0 Å². The number of nitrogens with zero attached hydrogens (tertiary/aromatic N) is 1. The van der Waals surface area contributed by atoms with Crippen LogP contribution in [-0.4, -0.2) is 42.4 Å². The van der Waals surface area contributed by atoms with Gasteiger partial charge < -0.3 is 19.4 Å². The lowest BCUT2D eigenvalue weighted by Crippen LogP contribution is -2.47. The highest BCUT2D eigenvalue weighted by Crippen LogP contribution is 2.24. The zero-order chi connectivity index (χ0) is 19.0. The third-order valence-corrected chi connectivity index (χ3v) is 4.66. The maximum absolute atomic E-state index is 11.0. The van der Waals surface area contributed by atoms with E-state index in [2.05, 4.69) is 36.3 Å². The van der Waals surface area contributed by atoms with Crippen molar-refractivity contribution in [2.45, 2.75) is 52.2 Å². The standard InChI is InChI=1S/C20H29NO5/c1-4-16-8-10-18(11-9-16)15(2)21-26-12-6-5-7-17-13-24-20(3,19(22)23)25-14-17/h8-11,17H,4-7,12-14H2,1-3H3,(H,22,23). The topological polar surface area (TPSA) is 77.4 Å².